The van der Waals surface area contributed by atoms with Crippen LogP contribution in [0.4, 0.5) is 5.95 Å². The molecule has 1 fully saturated rings. The molecule has 5 heteroatoms. The van der Waals surface area contributed by atoms with E-state index in [2.05, 4.69) is 38.9 Å². The summed E-state index contributed by atoms with van der Waals surface area (Å²) < 4.78 is 0. The van der Waals surface area contributed by atoms with Gasteiger partial charge in [0.25, 0.3) is 0 Å². The molecular formula is C16H29N5. The lowest BCUT2D eigenvalue weighted by atomic mass is 10.1. The van der Waals surface area contributed by atoms with Crippen LogP contribution in [0.3, 0.4) is 0 Å². The van der Waals surface area contributed by atoms with E-state index in [9.17, 15) is 0 Å². The van der Waals surface area contributed by atoms with Crippen molar-refractivity contribution in [2.24, 2.45) is 0 Å². The van der Waals surface area contributed by atoms with Crippen molar-refractivity contribution in [2.45, 2.75) is 39.2 Å². The van der Waals surface area contributed by atoms with Gasteiger partial charge in [-0.05, 0) is 25.5 Å². The second-order valence-electron chi connectivity index (χ2n) is 5.72. The Hall–Kier alpha value is -1.20. The zero-order valence-electron chi connectivity index (χ0n) is 13.5. The van der Waals surface area contributed by atoms with Crippen molar-refractivity contribution in [2.75, 3.05) is 44.2 Å². The van der Waals surface area contributed by atoms with Crippen molar-refractivity contribution >= 4 is 5.95 Å². The van der Waals surface area contributed by atoms with E-state index in [1.807, 2.05) is 18.5 Å². The highest BCUT2D eigenvalue weighted by molar-refractivity contribution is 5.29. The highest BCUT2D eigenvalue weighted by Crippen LogP contribution is 2.14. The summed E-state index contributed by atoms with van der Waals surface area (Å²) in [4.78, 5) is 13.6. The summed E-state index contributed by atoms with van der Waals surface area (Å²) in [5.74, 6) is 0.869. The van der Waals surface area contributed by atoms with E-state index in [0.717, 1.165) is 45.2 Å². The van der Waals surface area contributed by atoms with Gasteiger partial charge in [-0.3, -0.25) is 4.90 Å². The van der Waals surface area contributed by atoms with Gasteiger partial charge in [-0.15, -0.1) is 0 Å². The third kappa shape index (κ3) is 4.93. The fourth-order valence-corrected chi connectivity index (χ4v) is 2.93. The van der Waals surface area contributed by atoms with Gasteiger partial charge in [0.1, 0.15) is 0 Å². The lowest BCUT2D eigenvalue weighted by Gasteiger charge is -2.39. The van der Waals surface area contributed by atoms with Crippen molar-refractivity contribution in [1.29, 1.82) is 0 Å². The summed E-state index contributed by atoms with van der Waals surface area (Å²) in [6, 6.07) is 2.54. The molecule has 1 N–H and O–H groups in total. The monoisotopic (exact) mass is 291 g/mol. The van der Waals surface area contributed by atoms with Gasteiger partial charge in [0.05, 0.1) is 0 Å². The zero-order valence-corrected chi connectivity index (χ0v) is 13.5. The molecule has 5 nitrogen and oxygen atoms in total. The number of anilines is 1. The van der Waals surface area contributed by atoms with Crippen LogP contribution in [0.2, 0.25) is 0 Å². The Morgan fingerprint density at radius 1 is 1.10 bits per heavy atom. The maximum Gasteiger partial charge on any atom is 0.225 e. The van der Waals surface area contributed by atoms with Gasteiger partial charge in [0, 0.05) is 51.2 Å². The van der Waals surface area contributed by atoms with Gasteiger partial charge in [0.15, 0.2) is 0 Å². The van der Waals surface area contributed by atoms with Crippen LogP contribution >= 0.6 is 0 Å². The average Bonchev–Trinajstić information content (AvgIpc) is 2.55. The molecule has 1 saturated heterocycles. The van der Waals surface area contributed by atoms with E-state index in [-0.39, 0.29) is 0 Å². The van der Waals surface area contributed by atoms with Crippen LogP contribution in [0.25, 0.3) is 0 Å². The van der Waals surface area contributed by atoms with Gasteiger partial charge < -0.3 is 10.2 Å². The van der Waals surface area contributed by atoms with Crippen LogP contribution < -0.4 is 10.2 Å². The second kappa shape index (κ2) is 8.95. The molecule has 1 aliphatic rings. The van der Waals surface area contributed by atoms with Crippen molar-refractivity contribution in [3.05, 3.63) is 18.5 Å². The predicted molar refractivity (Wildman–Crippen MR) is 87.7 cm³/mol. The molecule has 0 radical (unpaired) electrons. The van der Waals surface area contributed by atoms with E-state index in [1.54, 1.807) is 0 Å². The molecule has 0 bridgehead atoms. The minimum absolute atomic E-state index is 0.667. The second-order valence-corrected chi connectivity index (χ2v) is 5.72. The molecule has 0 aliphatic carbocycles. The molecule has 21 heavy (non-hydrogen) atoms. The Morgan fingerprint density at radius 3 is 2.43 bits per heavy atom. The maximum absolute atomic E-state index is 4.35. The van der Waals surface area contributed by atoms with E-state index in [1.165, 1.54) is 19.3 Å². The minimum atomic E-state index is 0.667. The number of rotatable bonds is 8. The fourth-order valence-electron chi connectivity index (χ4n) is 2.93. The highest BCUT2D eigenvalue weighted by Gasteiger charge is 2.23. The van der Waals surface area contributed by atoms with Gasteiger partial charge in [-0.1, -0.05) is 20.3 Å². The average molecular weight is 291 g/mol. The molecule has 1 unspecified atom stereocenters. The number of piperazine rings is 1. The van der Waals surface area contributed by atoms with Crippen molar-refractivity contribution in [3.8, 4) is 0 Å². The van der Waals surface area contributed by atoms with Crippen LogP contribution in [-0.2, 0) is 0 Å². The normalized spacial score (nSPS) is 17.9. The number of hydrogen-bond donors (Lipinski definition) is 1. The molecular weight excluding hydrogens is 262 g/mol. The third-order valence-corrected chi connectivity index (χ3v) is 4.09. The van der Waals surface area contributed by atoms with E-state index < -0.39 is 0 Å². The topological polar surface area (TPSA) is 44.3 Å². The molecule has 0 amide bonds. The first kappa shape index (κ1) is 16.2. The molecule has 1 aromatic heterocycles. The maximum atomic E-state index is 4.35. The third-order valence-electron chi connectivity index (χ3n) is 4.09. The van der Waals surface area contributed by atoms with Crippen LogP contribution in [-0.4, -0.2) is 60.2 Å². The summed E-state index contributed by atoms with van der Waals surface area (Å²) in [5.41, 5.74) is 0. The number of nitrogens with one attached hydrogen (secondary N) is 1. The Kier molecular flexibility index (Phi) is 6.89. The lowest BCUT2D eigenvalue weighted by molar-refractivity contribution is 0.171. The molecule has 1 aromatic rings. The molecule has 0 aromatic carbocycles. The summed E-state index contributed by atoms with van der Waals surface area (Å²) in [6.45, 7) is 11.0. The number of nitrogens with zero attached hydrogens (tertiary/aromatic N) is 4. The highest BCUT2D eigenvalue weighted by atomic mass is 15.3. The van der Waals surface area contributed by atoms with Crippen molar-refractivity contribution < 1.29 is 0 Å². The number of hydrogen-bond acceptors (Lipinski definition) is 5. The van der Waals surface area contributed by atoms with Crippen LogP contribution in [0.5, 0.6) is 0 Å². The molecule has 2 rings (SSSR count). The number of aromatic nitrogens is 2. The molecule has 0 saturated carbocycles. The van der Waals surface area contributed by atoms with Crippen molar-refractivity contribution in [3.63, 3.8) is 0 Å². The summed E-state index contributed by atoms with van der Waals surface area (Å²) in [7, 11) is 0. The van der Waals surface area contributed by atoms with E-state index in [0.29, 0.717) is 6.04 Å². The SMILES string of the molecule is CCCNCC(CCC)N1CCN(c2ncccn2)CC1. The quantitative estimate of drug-likeness (QED) is 0.740. The Morgan fingerprint density at radius 2 is 1.81 bits per heavy atom. The molecule has 118 valence electrons. The van der Waals surface area contributed by atoms with Gasteiger partial charge in [-0.25, -0.2) is 9.97 Å². The zero-order chi connectivity index (χ0) is 14.9. The Balaban J connectivity index is 1.82. The van der Waals surface area contributed by atoms with Gasteiger partial charge in [0.2, 0.25) is 5.95 Å². The van der Waals surface area contributed by atoms with Gasteiger partial charge in [-0.2, -0.15) is 0 Å². The molecule has 2 heterocycles. The van der Waals surface area contributed by atoms with E-state index in [4.69, 9.17) is 0 Å². The lowest BCUT2D eigenvalue weighted by Crippen LogP contribution is -2.53. The smallest absolute Gasteiger partial charge is 0.225 e. The standard InChI is InChI=1S/C16H29N5/c1-3-6-15(14-17-7-4-2)20-10-12-21(13-11-20)16-18-8-5-9-19-16/h5,8-9,15,17H,3-4,6-7,10-14H2,1-2H3. The van der Waals surface area contributed by atoms with Gasteiger partial charge >= 0.3 is 0 Å². The summed E-state index contributed by atoms with van der Waals surface area (Å²) in [5, 5.41) is 3.58. The Bertz CT molecular complexity index is 376. The fraction of sp³-hybridized carbons (Fsp3) is 0.750. The molecule has 0 spiro atoms. The summed E-state index contributed by atoms with van der Waals surface area (Å²) in [6.07, 6.45) is 7.38. The molecule has 1 aliphatic heterocycles. The predicted octanol–water partition coefficient (Wildman–Crippen LogP) is 1.77. The summed E-state index contributed by atoms with van der Waals surface area (Å²) >= 11 is 0. The first-order chi connectivity index (χ1) is 10.3. The van der Waals surface area contributed by atoms with Crippen molar-refractivity contribution in [1.82, 2.24) is 20.2 Å². The van der Waals surface area contributed by atoms with Crippen LogP contribution in [0.1, 0.15) is 33.1 Å². The van der Waals surface area contributed by atoms with Crippen LogP contribution in [0.15, 0.2) is 18.5 Å². The van der Waals surface area contributed by atoms with Crippen LogP contribution in [0, 0.1) is 0 Å². The minimum Gasteiger partial charge on any atom is -0.338 e. The largest absolute Gasteiger partial charge is 0.338 e. The van der Waals surface area contributed by atoms with E-state index >= 15 is 0 Å². The first-order valence-electron chi connectivity index (χ1n) is 8.31. The Labute approximate surface area is 128 Å². The first-order valence-corrected chi connectivity index (χ1v) is 8.31. The molecule has 1 atom stereocenters.